The Morgan fingerprint density at radius 1 is 1.09 bits per heavy atom. The van der Waals surface area contributed by atoms with Gasteiger partial charge in [-0.3, -0.25) is 0 Å². The molecule has 0 saturated carbocycles. The normalized spacial score (nSPS) is 12.7. The smallest absolute Gasteiger partial charge is 0.397 e. The van der Waals surface area contributed by atoms with Gasteiger partial charge >= 0.3 is 12.4 Å². The summed E-state index contributed by atoms with van der Waals surface area (Å²) in [5, 5.41) is 2.21. The summed E-state index contributed by atoms with van der Waals surface area (Å²) in [6.45, 7) is -0.955. The van der Waals surface area contributed by atoms with Gasteiger partial charge in [-0.25, -0.2) is 9.07 Å². The zero-order chi connectivity index (χ0) is 17.6. The number of nitrogens with two attached hydrogens (primary N) is 1. The number of nitrogens with zero attached hydrogens (tertiary/aromatic N) is 3. The molecule has 0 atom stereocenters. The van der Waals surface area contributed by atoms with E-state index in [1.54, 1.807) is 0 Å². The fraction of sp³-hybridized carbons (Fsp3) is 0.273. The van der Waals surface area contributed by atoms with Crippen molar-refractivity contribution in [1.29, 1.82) is 0 Å². The van der Waals surface area contributed by atoms with Gasteiger partial charge in [0.15, 0.2) is 0 Å². The molecular weight excluding hydrogens is 357 g/mol. The van der Waals surface area contributed by atoms with Crippen LogP contribution >= 0.6 is 11.6 Å². The minimum absolute atomic E-state index is 0.0895. The molecule has 2 N–H and O–H groups in total. The van der Waals surface area contributed by atoms with Crippen LogP contribution in [0.4, 0.5) is 36.4 Å². The van der Waals surface area contributed by atoms with Crippen molar-refractivity contribution in [1.82, 2.24) is 14.8 Å². The molecule has 0 amide bonds. The van der Waals surface area contributed by atoms with Gasteiger partial charge in [-0.15, -0.1) is 5.10 Å². The molecule has 23 heavy (non-hydrogen) atoms. The molecule has 0 bridgehead atoms. The summed E-state index contributed by atoms with van der Waals surface area (Å²) >= 11 is 5.51. The Kier molecular flexibility index (Phi) is 4.18. The molecule has 2 aromatic rings. The van der Waals surface area contributed by atoms with Gasteiger partial charge in [0.25, 0.3) is 5.82 Å². The Balaban J connectivity index is 2.51. The van der Waals surface area contributed by atoms with Crippen molar-refractivity contribution < 1.29 is 30.7 Å². The lowest BCUT2D eigenvalue weighted by Gasteiger charge is -2.10. The highest BCUT2D eigenvalue weighted by atomic mass is 35.5. The van der Waals surface area contributed by atoms with Crippen molar-refractivity contribution in [2.24, 2.45) is 0 Å². The van der Waals surface area contributed by atoms with Crippen molar-refractivity contribution in [2.45, 2.75) is 18.9 Å². The third-order valence-electron chi connectivity index (χ3n) is 2.69. The molecule has 2 rings (SSSR count). The molecule has 0 unspecified atom stereocenters. The topological polar surface area (TPSA) is 56.7 Å². The lowest BCUT2D eigenvalue weighted by atomic mass is 10.2. The third-order valence-corrected chi connectivity index (χ3v) is 3.08. The molecule has 1 aromatic heterocycles. The number of hydrogen-bond acceptors (Lipinski definition) is 3. The second-order valence-electron chi connectivity index (χ2n) is 4.35. The molecule has 0 spiro atoms. The quantitative estimate of drug-likeness (QED) is 0.654. The summed E-state index contributed by atoms with van der Waals surface area (Å²) in [6.07, 6.45) is -10.4. The van der Waals surface area contributed by atoms with Gasteiger partial charge in [-0.1, -0.05) is 17.7 Å². The van der Waals surface area contributed by atoms with Gasteiger partial charge in [-0.05, 0) is 6.07 Å². The Hall–Kier alpha value is -2.04. The SMILES string of the molecule is Nc1ccc(Cn2nc(C(F)(F)F)nc2C(F)(F)F)c(F)c1Cl. The van der Waals surface area contributed by atoms with E-state index in [-0.39, 0.29) is 10.4 Å². The maximum atomic E-state index is 13.8. The van der Waals surface area contributed by atoms with Gasteiger partial charge < -0.3 is 5.73 Å². The molecular formula is C11H6ClF7N4. The molecule has 0 radical (unpaired) electrons. The standard InChI is InChI=1S/C11H6ClF7N4/c12-6-5(20)2-1-4(7(6)13)3-23-9(11(17,18)19)21-8(22-23)10(14,15)16/h1-2H,3,20H2. The largest absolute Gasteiger partial charge is 0.453 e. The first kappa shape index (κ1) is 17.3. The van der Waals surface area contributed by atoms with E-state index < -0.39 is 46.9 Å². The van der Waals surface area contributed by atoms with Crippen LogP contribution in [-0.4, -0.2) is 14.8 Å². The minimum atomic E-state index is -5.20. The maximum absolute atomic E-state index is 13.8. The van der Waals surface area contributed by atoms with Crippen LogP contribution in [0.3, 0.4) is 0 Å². The van der Waals surface area contributed by atoms with E-state index in [0.717, 1.165) is 12.1 Å². The van der Waals surface area contributed by atoms with Crippen molar-refractivity contribution >= 4 is 17.3 Å². The minimum Gasteiger partial charge on any atom is -0.397 e. The predicted molar refractivity (Wildman–Crippen MR) is 65.0 cm³/mol. The Morgan fingerprint density at radius 2 is 1.70 bits per heavy atom. The van der Waals surface area contributed by atoms with E-state index in [0.29, 0.717) is 0 Å². The van der Waals surface area contributed by atoms with Gasteiger partial charge in [-0.2, -0.15) is 31.3 Å². The summed E-state index contributed by atoms with van der Waals surface area (Å²) < 4.78 is 89.5. The van der Waals surface area contributed by atoms with E-state index in [9.17, 15) is 30.7 Å². The molecule has 0 aliphatic rings. The van der Waals surface area contributed by atoms with Crippen LogP contribution in [0.2, 0.25) is 5.02 Å². The molecule has 0 saturated heterocycles. The summed E-state index contributed by atoms with van der Waals surface area (Å²) in [4.78, 5) is 2.44. The van der Waals surface area contributed by atoms with E-state index in [1.807, 2.05) is 0 Å². The molecule has 0 aliphatic carbocycles. The number of anilines is 1. The molecule has 1 aromatic carbocycles. The summed E-state index contributed by atoms with van der Waals surface area (Å²) in [5.74, 6) is -5.03. The predicted octanol–water partition coefficient (Wildman–Crippen LogP) is 3.74. The fourth-order valence-corrected chi connectivity index (χ4v) is 1.85. The highest BCUT2D eigenvalue weighted by molar-refractivity contribution is 6.33. The van der Waals surface area contributed by atoms with Crippen molar-refractivity contribution in [3.05, 3.63) is 40.2 Å². The second-order valence-corrected chi connectivity index (χ2v) is 4.73. The molecule has 1 heterocycles. The highest BCUT2D eigenvalue weighted by Gasteiger charge is 2.44. The van der Waals surface area contributed by atoms with E-state index in [4.69, 9.17) is 17.3 Å². The second kappa shape index (κ2) is 5.55. The first-order valence-electron chi connectivity index (χ1n) is 5.73. The average Bonchev–Trinajstić information content (AvgIpc) is 2.83. The summed E-state index contributed by atoms with van der Waals surface area (Å²) in [5.41, 5.74) is 4.72. The van der Waals surface area contributed by atoms with Crippen molar-refractivity contribution in [3.8, 4) is 0 Å². The van der Waals surface area contributed by atoms with Crippen LogP contribution in [0.5, 0.6) is 0 Å². The Morgan fingerprint density at radius 3 is 2.22 bits per heavy atom. The first-order chi connectivity index (χ1) is 10.4. The Labute approximate surface area is 128 Å². The van der Waals surface area contributed by atoms with Crippen LogP contribution in [0.15, 0.2) is 12.1 Å². The number of aromatic nitrogens is 3. The molecule has 126 valence electrons. The molecule has 0 aliphatic heterocycles. The molecule has 12 heteroatoms. The summed E-state index contributed by atoms with van der Waals surface area (Å²) in [6, 6.07) is 2.10. The zero-order valence-electron chi connectivity index (χ0n) is 10.8. The van der Waals surface area contributed by atoms with Crippen molar-refractivity contribution in [3.63, 3.8) is 0 Å². The first-order valence-corrected chi connectivity index (χ1v) is 6.10. The Bertz CT molecular complexity index is 735. The van der Waals surface area contributed by atoms with Crippen LogP contribution in [0.25, 0.3) is 0 Å². The van der Waals surface area contributed by atoms with E-state index in [2.05, 4.69) is 10.1 Å². The van der Waals surface area contributed by atoms with Gasteiger partial charge in [0.2, 0.25) is 5.82 Å². The third kappa shape index (κ3) is 3.49. The fourth-order valence-electron chi connectivity index (χ4n) is 1.67. The number of nitrogen functional groups attached to an aromatic ring is 1. The van der Waals surface area contributed by atoms with Gasteiger partial charge in [0.05, 0.1) is 17.3 Å². The highest BCUT2D eigenvalue weighted by Crippen LogP contribution is 2.33. The van der Waals surface area contributed by atoms with Crippen LogP contribution in [-0.2, 0) is 18.9 Å². The summed E-state index contributed by atoms with van der Waals surface area (Å²) in [7, 11) is 0. The zero-order valence-corrected chi connectivity index (χ0v) is 11.6. The number of hydrogen-bond donors (Lipinski definition) is 1. The molecule has 0 fully saturated rings. The van der Waals surface area contributed by atoms with Crippen molar-refractivity contribution in [2.75, 3.05) is 5.73 Å². The van der Waals surface area contributed by atoms with Crippen LogP contribution in [0.1, 0.15) is 17.2 Å². The number of halogens is 8. The van der Waals surface area contributed by atoms with Crippen LogP contribution < -0.4 is 5.73 Å². The van der Waals surface area contributed by atoms with Gasteiger partial charge in [0.1, 0.15) is 5.82 Å². The maximum Gasteiger partial charge on any atom is 0.453 e. The monoisotopic (exact) mass is 362 g/mol. The average molecular weight is 363 g/mol. The van der Waals surface area contributed by atoms with Gasteiger partial charge in [0, 0.05) is 5.56 Å². The number of rotatable bonds is 2. The lowest BCUT2D eigenvalue weighted by Crippen LogP contribution is -2.17. The molecule has 4 nitrogen and oxygen atoms in total. The lowest BCUT2D eigenvalue weighted by molar-refractivity contribution is -0.150. The number of alkyl halides is 6. The van der Waals surface area contributed by atoms with E-state index in [1.165, 1.54) is 0 Å². The number of benzene rings is 1. The van der Waals surface area contributed by atoms with Crippen LogP contribution in [0, 0.1) is 5.82 Å². The van der Waals surface area contributed by atoms with E-state index >= 15 is 0 Å².